The fraction of sp³-hybridized carbons (Fsp3) is 0.375. The molecule has 5 N–H and O–H groups in total. The number of aromatic amines is 1. The third-order valence-corrected chi connectivity index (χ3v) is 2.40. The van der Waals surface area contributed by atoms with Gasteiger partial charge in [0.05, 0.1) is 23.7 Å². The van der Waals surface area contributed by atoms with E-state index in [0.29, 0.717) is 5.39 Å². The predicted octanol–water partition coefficient (Wildman–Crippen LogP) is -0.360. The molecule has 0 amide bonds. The molecule has 0 saturated heterocycles. The van der Waals surface area contributed by atoms with E-state index < -0.39 is 12.2 Å². The molecule has 2 atom stereocenters. The van der Waals surface area contributed by atoms with Gasteiger partial charge in [-0.15, -0.1) is 0 Å². The summed E-state index contributed by atoms with van der Waals surface area (Å²) in [5, 5.41) is 29.4. The Morgan fingerprint density at radius 1 is 1.50 bits per heavy atom. The van der Waals surface area contributed by atoms with Gasteiger partial charge in [-0.3, -0.25) is 5.10 Å². The van der Waals surface area contributed by atoms with Gasteiger partial charge in [-0.1, -0.05) is 5.11 Å². The van der Waals surface area contributed by atoms with Gasteiger partial charge in [0, 0.05) is 4.91 Å². The molecule has 18 heavy (non-hydrogen) atoms. The fourth-order valence-electron chi connectivity index (χ4n) is 1.53. The third-order valence-electron chi connectivity index (χ3n) is 2.40. The van der Waals surface area contributed by atoms with Crippen LogP contribution in [0.15, 0.2) is 11.4 Å². The number of nitrogen functional groups attached to an aromatic ring is 1. The average molecular weight is 250 g/mol. The van der Waals surface area contributed by atoms with Crippen LogP contribution in [0.25, 0.3) is 21.5 Å². The monoisotopic (exact) mass is 250 g/mol. The van der Waals surface area contributed by atoms with Crippen LogP contribution in [0.5, 0.6) is 0 Å². The van der Waals surface area contributed by atoms with Gasteiger partial charge in [-0.2, -0.15) is 5.10 Å². The summed E-state index contributed by atoms with van der Waals surface area (Å²) in [4.78, 5) is 10.1. The Kier molecular flexibility index (Phi) is 3.24. The molecule has 2 aromatic rings. The molecule has 94 valence electrons. The van der Waals surface area contributed by atoms with Crippen LogP contribution in [0.3, 0.4) is 0 Å². The number of hydrogen-bond donors (Lipinski definition) is 4. The summed E-state index contributed by atoms with van der Waals surface area (Å²) >= 11 is 0. The van der Waals surface area contributed by atoms with Gasteiger partial charge >= 0.3 is 0 Å². The molecule has 10 heteroatoms. The maximum Gasteiger partial charge on any atom is 0.186 e. The summed E-state index contributed by atoms with van der Waals surface area (Å²) < 4.78 is 0. The predicted molar refractivity (Wildman–Crippen MR) is 61.1 cm³/mol. The second-order valence-corrected chi connectivity index (χ2v) is 3.52. The highest BCUT2D eigenvalue weighted by atomic mass is 16.3. The Balaban J connectivity index is 2.38. The second kappa shape index (κ2) is 4.84. The highest BCUT2D eigenvalue weighted by molar-refractivity contribution is 5.87. The maximum atomic E-state index is 9.91. The van der Waals surface area contributed by atoms with E-state index in [2.05, 4.69) is 30.2 Å². The van der Waals surface area contributed by atoms with E-state index in [1.165, 1.54) is 6.33 Å². The number of rotatable bonds is 4. The summed E-state index contributed by atoms with van der Waals surface area (Å²) in [7, 11) is 0. The average Bonchev–Trinajstić information content (AvgIpc) is 2.80. The molecule has 2 aromatic heterocycles. The molecule has 0 aliphatic carbocycles. The molecule has 10 nitrogen and oxygen atoms in total. The minimum Gasteiger partial charge on any atom is -0.390 e. The number of nitrogens with one attached hydrogen (secondary N) is 1. The lowest BCUT2D eigenvalue weighted by Gasteiger charge is -2.14. The number of hydrogen-bond acceptors (Lipinski definition) is 7. The van der Waals surface area contributed by atoms with Crippen LogP contribution in [-0.4, -0.2) is 43.0 Å². The SMILES string of the molecule is [N-]=[N+]=NCC(O)C(O)c1[nH]nc2ncnc(N)c12. The van der Waals surface area contributed by atoms with Crippen molar-refractivity contribution in [1.29, 1.82) is 0 Å². The molecule has 2 unspecified atom stereocenters. The van der Waals surface area contributed by atoms with E-state index in [1.54, 1.807) is 0 Å². The Bertz CT molecular complexity index is 604. The van der Waals surface area contributed by atoms with Crippen LogP contribution in [0, 0.1) is 0 Å². The van der Waals surface area contributed by atoms with Crippen molar-refractivity contribution in [3.05, 3.63) is 22.5 Å². The highest BCUT2D eigenvalue weighted by Gasteiger charge is 2.23. The topological polar surface area (TPSA) is 170 Å². The van der Waals surface area contributed by atoms with Gasteiger partial charge < -0.3 is 15.9 Å². The van der Waals surface area contributed by atoms with Gasteiger partial charge in [0.25, 0.3) is 0 Å². The lowest BCUT2D eigenvalue weighted by molar-refractivity contribution is 0.0226. The molecule has 2 heterocycles. The number of aliphatic hydroxyl groups excluding tert-OH is 2. The van der Waals surface area contributed by atoms with Crippen molar-refractivity contribution in [3.8, 4) is 0 Å². The molecule has 0 radical (unpaired) electrons. The number of anilines is 1. The van der Waals surface area contributed by atoms with Crippen LogP contribution >= 0.6 is 0 Å². The number of nitrogens with two attached hydrogens (primary N) is 1. The smallest absolute Gasteiger partial charge is 0.186 e. The van der Waals surface area contributed by atoms with E-state index >= 15 is 0 Å². The Morgan fingerprint density at radius 2 is 2.28 bits per heavy atom. The van der Waals surface area contributed by atoms with Crippen molar-refractivity contribution in [2.24, 2.45) is 5.11 Å². The van der Waals surface area contributed by atoms with E-state index in [4.69, 9.17) is 11.3 Å². The van der Waals surface area contributed by atoms with Crippen molar-refractivity contribution < 1.29 is 10.2 Å². The van der Waals surface area contributed by atoms with Crippen molar-refractivity contribution in [3.63, 3.8) is 0 Å². The van der Waals surface area contributed by atoms with Crippen molar-refractivity contribution in [2.75, 3.05) is 12.3 Å². The lowest BCUT2D eigenvalue weighted by Crippen LogP contribution is -2.21. The first kappa shape index (κ1) is 12.0. The molecule has 0 aromatic carbocycles. The summed E-state index contributed by atoms with van der Waals surface area (Å²) in [5.74, 6) is 0.138. The second-order valence-electron chi connectivity index (χ2n) is 3.52. The first-order valence-corrected chi connectivity index (χ1v) is 4.96. The molecular formula is C8H10N8O2. The molecular weight excluding hydrogens is 240 g/mol. The van der Waals surface area contributed by atoms with Crippen LogP contribution in [-0.2, 0) is 0 Å². The summed E-state index contributed by atoms with van der Waals surface area (Å²) in [6.45, 7) is -0.272. The normalized spacial score (nSPS) is 14.1. The Morgan fingerprint density at radius 3 is 3.00 bits per heavy atom. The van der Waals surface area contributed by atoms with E-state index in [-0.39, 0.29) is 23.7 Å². The highest BCUT2D eigenvalue weighted by Crippen LogP contribution is 2.26. The Labute approximate surface area is 100 Å². The molecule has 0 spiro atoms. The van der Waals surface area contributed by atoms with E-state index in [0.717, 1.165) is 0 Å². The molecule has 0 bridgehead atoms. The molecule has 0 saturated carbocycles. The van der Waals surface area contributed by atoms with Crippen LogP contribution < -0.4 is 5.73 Å². The number of nitrogens with zero attached hydrogens (tertiary/aromatic N) is 6. The van der Waals surface area contributed by atoms with Gasteiger partial charge in [-0.25, -0.2) is 9.97 Å². The Hall–Kier alpha value is -2.42. The van der Waals surface area contributed by atoms with Gasteiger partial charge in [0.1, 0.15) is 18.2 Å². The zero-order chi connectivity index (χ0) is 13.1. The molecule has 0 aliphatic rings. The number of aliphatic hydroxyl groups is 2. The number of H-pyrrole nitrogens is 1. The standard InChI is InChI=1S/C8H10N8O2/c9-7-4-5(6(18)3(17)1-13-16-10)14-15-8(4)12-2-11-7/h2-3,6,17-18H,1H2,(H3,9,11,12,14,15). The fourth-order valence-corrected chi connectivity index (χ4v) is 1.53. The maximum absolute atomic E-state index is 9.91. The van der Waals surface area contributed by atoms with Gasteiger partial charge in [-0.05, 0) is 5.53 Å². The van der Waals surface area contributed by atoms with Crippen LogP contribution in [0.2, 0.25) is 0 Å². The quantitative estimate of drug-likeness (QED) is 0.328. The van der Waals surface area contributed by atoms with Crippen molar-refractivity contribution in [1.82, 2.24) is 20.2 Å². The lowest BCUT2D eigenvalue weighted by atomic mass is 10.1. The van der Waals surface area contributed by atoms with E-state index in [9.17, 15) is 10.2 Å². The number of azide groups is 1. The van der Waals surface area contributed by atoms with E-state index in [1.807, 2.05) is 0 Å². The number of fused-ring (bicyclic) bond motifs is 1. The minimum absolute atomic E-state index is 0.138. The summed E-state index contributed by atoms with van der Waals surface area (Å²) in [5.41, 5.74) is 14.3. The molecule has 0 aliphatic heterocycles. The molecule has 0 fully saturated rings. The largest absolute Gasteiger partial charge is 0.390 e. The van der Waals surface area contributed by atoms with Crippen LogP contribution in [0.1, 0.15) is 11.8 Å². The van der Waals surface area contributed by atoms with Gasteiger partial charge in [0.15, 0.2) is 5.65 Å². The first-order chi connectivity index (χ1) is 8.65. The summed E-state index contributed by atoms with van der Waals surface area (Å²) in [6.07, 6.45) is -1.36. The summed E-state index contributed by atoms with van der Waals surface area (Å²) in [6, 6.07) is 0. The third kappa shape index (κ3) is 2.02. The first-order valence-electron chi connectivity index (χ1n) is 4.96. The van der Waals surface area contributed by atoms with Crippen molar-refractivity contribution >= 4 is 16.9 Å². The molecule has 2 rings (SSSR count). The number of aromatic nitrogens is 4. The van der Waals surface area contributed by atoms with Crippen LogP contribution in [0.4, 0.5) is 5.82 Å². The van der Waals surface area contributed by atoms with Crippen molar-refractivity contribution in [2.45, 2.75) is 12.2 Å². The van der Waals surface area contributed by atoms with Gasteiger partial charge in [0.2, 0.25) is 0 Å². The minimum atomic E-state index is -1.33. The zero-order valence-corrected chi connectivity index (χ0v) is 9.09. The zero-order valence-electron chi connectivity index (χ0n) is 9.09.